The molecule has 1 rings (SSSR count). The zero-order chi connectivity index (χ0) is 14.7. The molecule has 0 aliphatic carbocycles. The third kappa shape index (κ3) is 3.35. The number of likely N-dealkylation sites (tertiary alicyclic amines) is 1. The summed E-state index contributed by atoms with van der Waals surface area (Å²) < 4.78 is 10.3. The van der Waals surface area contributed by atoms with Gasteiger partial charge in [0.05, 0.1) is 13.7 Å². The SMILES string of the molecule is C=CC[N+]1(C(=O)OC(C)(C)C)CCC[C@H]1C(=O)OC. The van der Waals surface area contributed by atoms with E-state index in [0.29, 0.717) is 19.5 Å². The molecule has 1 aliphatic rings. The summed E-state index contributed by atoms with van der Waals surface area (Å²) in [5, 5.41) is 0. The minimum atomic E-state index is -0.577. The van der Waals surface area contributed by atoms with Crippen LogP contribution in [0, 0.1) is 0 Å². The lowest BCUT2D eigenvalue weighted by molar-refractivity contribution is -0.856. The number of hydrogen-bond donors (Lipinski definition) is 0. The summed E-state index contributed by atoms with van der Waals surface area (Å²) in [5.41, 5.74) is -0.577. The summed E-state index contributed by atoms with van der Waals surface area (Å²) in [6, 6.07) is -0.488. The maximum absolute atomic E-state index is 12.5. The highest BCUT2D eigenvalue weighted by Crippen LogP contribution is 2.31. The average Bonchev–Trinajstić information content (AvgIpc) is 2.71. The van der Waals surface area contributed by atoms with Crippen LogP contribution in [0.2, 0.25) is 0 Å². The van der Waals surface area contributed by atoms with Gasteiger partial charge in [0.25, 0.3) is 0 Å². The molecule has 1 fully saturated rings. The summed E-state index contributed by atoms with van der Waals surface area (Å²) in [7, 11) is 1.35. The molecule has 1 heterocycles. The summed E-state index contributed by atoms with van der Waals surface area (Å²) in [4.78, 5) is 24.4. The van der Waals surface area contributed by atoms with Crippen molar-refractivity contribution < 1.29 is 23.5 Å². The Hall–Kier alpha value is -1.36. The maximum atomic E-state index is 12.5. The summed E-state index contributed by atoms with van der Waals surface area (Å²) in [6.45, 7) is 10.1. The van der Waals surface area contributed by atoms with Gasteiger partial charge in [0, 0.05) is 12.8 Å². The molecule has 0 N–H and O–H groups in total. The van der Waals surface area contributed by atoms with E-state index in [1.54, 1.807) is 6.08 Å². The second-order valence-electron chi connectivity index (χ2n) is 5.89. The van der Waals surface area contributed by atoms with Crippen molar-refractivity contribution in [2.45, 2.75) is 45.3 Å². The van der Waals surface area contributed by atoms with Gasteiger partial charge in [-0.05, 0) is 26.8 Å². The molecule has 2 atom stereocenters. The number of amides is 1. The zero-order valence-corrected chi connectivity index (χ0v) is 12.3. The van der Waals surface area contributed by atoms with Gasteiger partial charge in [-0.1, -0.05) is 6.58 Å². The Labute approximate surface area is 114 Å². The smallest absolute Gasteiger partial charge is 0.465 e. The van der Waals surface area contributed by atoms with E-state index in [2.05, 4.69) is 6.58 Å². The van der Waals surface area contributed by atoms with Gasteiger partial charge in [0.1, 0.15) is 12.1 Å². The van der Waals surface area contributed by atoms with Gasteiger partial charge in [0.15, 0.2) is 6.04 Å². The first-order chi connectivity index (χ1) is 8.77. The van der Waals surface area contributed by atoms with Crippen molar-refractivity contribution >= 4 is 12.1 Å². The van der Waals surface area contributed by atoms with E-state index in [0.717, 1.165) is 6.42 Å². The molecule has 108 valence electrons. The standard InChI is InChI=1S/C14H24NO4/c1-6-9-15(13(17)19-14(2,3)4)10-7-8-11(15)12(16)18-5/h6,11H,1,7-10H2,2-5H3/q+1/t11-,15?/m0/s1. The molecule has 1 aliphatic heterocycles. The Morgan fingerprint density at radius 3 is 2.53 bits per heavy atom. The van der Waals surface area contributed by atoms with Crippen molar-refractivity contribution in [1.82, 2.24) is 0 Å². The fourth-order valence-electron chi connectivity index (χ4n) is 2.52. The topological polar surface area (TPSA) is 52.6 Å². The van der Waals surface area contributed by atoms with Crippen LogP contribution < -0.4 is 0 Å². The van der Waals surface area contributed by atoms with Crippen LogP contribution in [-0.4, -0.2) is 48.4 Å². The van der Waals surface area contributed by atoms with Crippen LogP contribution in [0.3, 0.4) is 0 Å². The number of quaternary nitrogens is 1. The van der Waals surface area contributed by atoms with Crippen LogP contribution in [0.4, 0.5) is 4.79 Å². The molecule has 1 unspecified atom stereocenters. The number of nitrogens with zero attached hydrogens (tertiary/aromatic N) is 1. The normalized spacial score (nSPS) is 26.8. The number of methoxy groups -OCH3 is 1. The molecule has 0 aromatic carbocycles. The van der Waals surface area contributed by atoms with Crippen molar-refractivity contribution in [1.29, 1.82) is 0 Å². The molecule has 0 aromatic heterocycles. The van der Waals surface area contributed by atoms with E-state index in [1.807, 2.05) is 20.8 Å². The highest BCUT2D eigenvalue weighted by atomic mass is 16.6. The molecule has 0 bridgehead atoms. The Kier molecular flexibility index (Phi) is 4.74. The second kappa shape index (κ2) is 5.74. The van der Waals surface area contributed by atoms with Crippen LogP contribution in [-0.2, 0) is 14.3 Å². The molecule has 0 radical (unpaired) electrons. The number of esters is 1. The van der Waals surface area contributed by atoms with Gasteiger partial charge in [-0.3, -0.25) is 0 Å². The van der Waals surface area contributed by atoms with Crippen molar-refractivity contribution in [2.75, 3.05) is 20.2 Å². The Balaban J connectivity index is 3.05. The van der Waals surface area contributed by atoms with Gasteiger partial charge in [-0.2, -0.15) is 4.79 Å². The van der Waals surface area contributed by atoms with E-state index in [1.165, 1.54) is 7.11 Å². The lowest BCUT2D eigenvalue weighted by Gasteiger charge is -2.35. The highest BCUT2D eigenvalue weighted by Gasteiger charge is 2.54. The molecule has 5 heteroatoms. The van der Waals surface area contributed by atoms with Crippen molar-refractivity contribution in [2.24, 2.45) is 0 Å². The number of hydrogen-bond acceptors (Lipinski definition) is 4. The number of carbonyl (C=O) groups excluding carboxylic acids is 2. The first kappa shape index (κ1) is 15.7. The lowest BCUT2D eigenvalue weighted by Crippen LogP contribution is -2.60. The minimum absolute atomic E-state index is 0.0343. The van der Waals surface area contributed by atoms with Crippen LogP contribution >= 0.6 is 0 Å². The number of carbonyl (C=O) groups is 2. The van der Waals surface area contributed by atoms with E-state index < -0.39 is 11.6 Å². The van der Waals surface area contributed by atoms with Gasteiger partial charge in [-0.15, -0.1) is 0 Å². The molecule has 0 aromatic rings. The molecule has 1 saturated heterocycles. The number of ether oxygens (including phenoxy) is 2. The molecule has 0 saturated carbocycles. The van der Waals surface area contributed by atoms with Crippen molar-refractivity contribution in [3.8, 4) is 0 Å². The largest absolute Gasteiger partial charge is 0.517 e. The third-order valence-electron chi connectivity index (χ3n) is 3.32. The van der Waals surface area contributed by atoms with Crippen molar-refractivity contribution in [3.63, 3.8) is 0 Å². The van der Waals surface area contributed by atoms with Gasteiger partial charge in [-0.25, -0.2) is 9.28 Å². The molecular formula is C14H24NO4+. The highest BCUT2D eigenvalue weighted by molar-refractivity contribution is 5.77. The first-order valence-corrected chi connectivity index (χ1v) is 6.56. The Morgan fingerprint density at radius 2 is 2.05 bits per heavy atom. The van der Waals surface area contributed by atoms with Crippen LogP contribution in [0.15, 0.2) is 12.7 Å². The van der Waals surface area contributed by atoms with Gasteiger partial charge >= 0.3 is 12.1 Å². The maximum Gasteiger partial charge on any atom is 0.517 e. The van der Waals surface area contributed by atoms with E-state index in [4.69, 9.17) is 9.47 Å². The summed E-state index contributed by atoms with van der Waals surface area (Å²) >= 11 is 0. The second-order valence-corrected chi connectivity index (χ2v) is 5.89. The molecule has 19 heavy (non-hydrogen) atoms. The van der Waals surface area contributed by atoms with E-state index >= 15 is 0 Å². The average molecular weight is 270 g/mol. The van der Waals surface area contributed by atoms with Crippen molar-refractivity contribution in [3.05, 3.63) is 12.7 Å². The molecular weight excluding hydrogens is 246 g/mol. The van der Waals surface area contributed by atoms with Gasteiger partial charge in [0.2, 0.25) is 0 Å². The third-order valence-corrected chi connectivity index (χ3v) is 3.32. The Morgan fingerprint density at radius 1 is 1.42 bits per heavy atom. The van der Waals surface area contributed by atoms with Crippen LogP contribution in [0.25, 0.3) is 0 Å². The first-order valence-electron chi connectivity index (χ1n) is 6.56. The fraction of sp³-hybridized carbons (Fsp3) is 0.714. The fourth-order valence-corrected chi connectivity index (χ4v) is 2.52. The predicted octanol–water partition coefficient (Wildman–Crippen LogP) is 2.26. The number of rotatable bonds is 3. The quantitative estimate of drug-likeness (QED) is 0.448. The minimum Gasteiger partial charge on any atom is -0.465 e. The van der Waals surface area contributed by atoms with E-state index in [-0.39, 0.29) is 16.5 Å². The zero-order valence-electron chi connectivity index (χ0n) is 12.3. The van der Waals surface area contributed by atoms with Gasteiger partial charge < -0.3 is 9.47 Å². The summed E-state index contributed by atoms with van der Waals surface area (Å²) in [5.74, 6) is -0.356. The molecule has 1 amide bonds. The van der Waals surface area contributed by atoms with E-state index in [9.17, 15) is 9.59 Å². The monoisotopic (exact) mass is 270 g/mol. The lowest BCUT2D eigenvalue weighted by atomic mass is 10.2. The Bertz CT molecular complexity index is 372. The molecule has 5 nitrogen and oxygen atoms in total. The van der Waals surface area contributed by atoms with Crippen LogP contribution in [0.1, 0.15) is 33.6 Å². The van der Waals surface area contributed by atoms with Crippen LogP contribution in [0.5, 0.6) is 0 Å². The summed E-state index contributed by atoms with van der Waals surface area (Å²) in [6.07, 6.45) is 2.72. The predicted molar refractivity (Wildman–Crippen MR) is 71.5 cm³/mol. The molecule has 0 spiro atoms.